The van der Waals surface area contributed by atoms with Crippen LogP contribution in [-0.4, -0.2) is 50.9 Å². The molecule has 21 heavy (non-hydrogen) atoms. The Hall–Kier alpha value is -1.93. The number of methoxy groups -OCH3 is 1. The van der Waals surface area contributed by atoms with Gasteiger partial charge in [0.1, 0.15) is 5.75 Å². The molecule has 0 radical (unpaired) electrons. The topological polar surface area (TPSA) is 110 Å². The maximum Gasteiger partial charge on any atom is 0.335 e. The van der Waals surface area contributed by atoms with Crippen LogP contribution in [0.25, 0.3) is 0 Å². The van der Waals surface area contributed by atoms with Crippen molar-refractivity contribution >= 4 is 21.7 Å². The molecule has 0 aliphatic heterocycles. The summed E-state index contributed by atoms with van der Waals surface area (Å²) in [5.74, 6) is -2.49. The predicted molar refractivity (Wildman–Crippen MR) is 74.9 cm³/mol. The van der Waals surface area contributed by atoms with E-state index in [2.05, 4.69) is 5.32 Å². The Bertz CT molecular complexity index is 608. The first-order valence-electron chi connectivity index (χ1n) is 6.10. The van der Waals surface area contributed by atoms with Gasteiger partial charge < -0.3 is 15.2 Å². The molecule has 1 rings (SSSR count). The highest BCUT2D eigenvalue weighted by atomic mass is 32.2. The number of sulfone groups is 1. The molecule has 1 unspecified atom stereocenters. The number of ether oxygens (including phenoxy) is 1. The second kappa shape index (κ2) is 7.19. The SMILES string of the molecule is COCC(C)NC(=O)CS(=O)(=O)c1ccc(C(=O)O)cc1. The van der Waals surface area contributed by atoms with Gasteiger partial charge in [-0.1, -0.05) is 0 Å². The molecule has 0 bridgehead atoms. The summed E-state index contributed by atoms with van der Waals surface area (Å²) >= 11 is 0. The van der Waals surface area contributed by atoms with E-state index in [-0.39, 0.29) is 23.1 Å². The van der Waals surface area contributed by atoms with Gasteiger partial charge in [0, 0.05) is 13.2 Å². The normalized spacial score (nSPS) is 12.7. The quantitative estimate of drug-likeness (QED) is 0.749. The van der Waals surface area contributed by atoms with Gasteiger partial charge >= 0.3 is 5.97 Å². The molecule has 0 aliphatic rings. The summed E-state index contributed by atoms with van der Waals surface area (Å²) in [6.45, 7) is 1.97. The van der Waals surface area contributed by atoms with E-state index in [1.165, 1.54) is 31.4 Å². The summed E-state index contributed by atoms with van der Waals surface area (Å²) in [7, 11) is -2.33. The average Bonchev–Trinajstić information content (AvgIpc) is 2.38. The molecule has 0 heterocycles. The molecule has 0 aromatic heterocycles. The predicted octanol–water partition coefficient (Wildman–Crippen LogP) is 0.310. The highest BCUT2D eigenvalue weighted by Crippen LogP contribution is 2.12. The Morgan fingerprint density at radius 3 is 2.33 bits per heavy atom. The number of rotatable bonds is 7. The van der Waals surface area contributed by atoms with Crippen LogP contribution in [0.5, 0.6) is 0 Å². The fraction of sp³-hybridized carbons (Fsp3) is 0.385. The molecule has 0 spiro atoms. The average molecular weight is 315 g/mol. The monoisotopic (exact) mass is 315 g/mol. The number of carbonyl (C=O) groups excluding carboxylic acids is 1. The van der Waals surface area contributed by atoms with Crippen molar-refractivity contribution in [1.82, 2.24) is 5.32 Å². The lowest BCUT2D eigenvalue weighted by molar-refractivity contribution is -0.119. The van der Waals surface area contributed by atoms with E-state index in [0.717, 1.165) is 0 Å². The minimum Gasteiger partial charge on any atom is -0.478 e. The number of benzene rings is 1. The Morgan fingerprint density at radius 1 is 1.29 bits per heavy atom. The van der Waals surface area contributed by atoms with E-state index in [9.17, 15) is 18.0 Å². The van der Waals surface area contributed by atoms with E-state index >= 15 is 0 Å². The van der Waals surface area contributed by atoms with Crippen molar-refractivity contribution in [2.75, 3.05) is 19.5 Å². The number of nitrogens with one attached hydrogen (secondary N) is 1. The van der Waals surface area contributed by atoms with E-state index in [1.807, 2.05) is 0 Å². The van der Waals surface area contributed by atoms with Crippen molar-refractivity contribution in [3.63, 3.8) is 0 Å². The molecule has 8 heteroatoms. The lowest BCUT2D eigenvalue weighted by Crippen LogP contribution is -2.39. The van der Waals surface area contributed by atoms with Crippen molar-refractivity contribution in [2.24, 2.45) is 0 Å². The van der Waals surface area contributed by atoms with Gasteiger partial charge in [0.15, 0.2) is 9.84 Å². The third-order valence-corrected chi connectivity index (χ3v) is 4.24. The van der Waals surface area contributed by atoms with E-state index in [0.29, 0.717) is 0 Å². The van der Waals surface area contributed by atoms with E-state index in [1.54, 1.807) is 6.92 Å². The van der Waals surface area contributed by atoms with Crippen molar-refractivity contribution in [1.29, 1.82) is 0 Å². The van der Waals surface area contributed by atoms with E-state index in [4.69, 9.17) is 9.84 Å². The van der Waals surface area contributed by atoms with E-state index < -0.39 is 27.5 Å². The number of amides is 1. The molecule has 7 nitrogen and oxygen atoms in total. The maximum absolute atomic E-state index is 12.0. The standard InChI is InChI=1S/C13H17NO6S/c1-9(7-20-2)14-12(15)8-21(18,19)11-5-3-10(4-6-11)13(16)17/h3-6,9H,7-8H2,1-2H3,(H,14,15)(H,16,17). The molecule has 1 atom stereocenters. The van der Waals surface area contributed by atoms with Gasteiger partial charge in [-0.25, -0.2) is 13.2 Å². The van der Waals surface area contributed by atoms with Gasteiger partial charge in [-0.3, -0.25) is 4.79 Å². The molecule has 116 valence electrons. The summed E-state index contributed by atoms with van der Waals surface area (Å²) in [5.41, 5.74) is -0.0212. The third kappa shape index (κ3) is 5.16. The first-order valence-corrected chi connectivity index (χ1v) is 7.76. The summed E-state index contributed by atoms with van der Waals surface area (Å²) < 4.78 is 28.9. The fourth-order valence-electron chi connectivity index (χ4n) is 1.67. The molecule has 0 saturated heterocycles. The van der Waals surface area contributed by atoms with Crippen LogP contribution in [0.2, 0.25) is 0 Å². The van der Waals surface area contributed by atoms with Gasteiger partial charge in [-0.15, -0.1) is 0 Å². The zero-order valence-electron chi connectivity index (χ0n) is 11.7. The van der Waals surface area contributed by atoms with Gasteiger partial charge in [0.05, 0.1) is 17.1 Å². The van der Waals surface area contributed by atoms with Crippen LogP contribution < -0.4 is 5.32 Å². The van der Waals surface area contributed by atoms with Crippen molar-refractivity contribution in [3.05, 3.63) is 29.8 Å². The number of carbonyl (C=O) groups is 2. The molecule has 2 N–H and O–H groups in total. The van der Waals surface area contributed by atoms with Crippen LogP contribution in [0.15, 0.2) is 29.2 Å². The first kappa shape index (κ1) is 17.1. The number of aromatic carboxylic acids is 1. The first-order chi connectivity index (χ1) is 9.76. The molecular weight excluding hydrogens is 298 g/mol. The second-order valence-corrected chi connectivity index (χ2v) is 6.50. The Morgan fingerprint density at radius 2 is 1.86 bits per heavy atom. The van der Waals surface area contributed by atoms with Gasteiger partial charge in [-0.05, 0) is 31.2 Å². The van der Waals surface area contributed by atoms with Gasteiger partial charge in [0.25, 0.3) is 0 Å². The molecule has 0 aliphatic carbocycles. The van der Waals surface area contributed by atoms with Crippen LogP contribution in [0.3, 0.4) is 0 Å². The van der Waals surface area contributed by atoms with Crippen LogP contribution in [0.4, 0.5) is 0 Å². The van der Waals surface area contributed by atoms with Crippen LogP contribution in [-0.2, 0) is 19.4 Å². The second-order valence-electron chi connectivity index (χ2n) is 4.51. The minimum absolute atomic E-state index is 0.0212. The molecule has 1 aromatic rings. The lowest BCUT2D eigenvalue weighted by Gasteiger charge is -2.12. The number of hydrogen-bond acceptors (Lipinski definition) is 5. The fourth-order valence-corrected chi connectivity index (χ4v) is 2.81. The Kier molecular flexibility index (Phi) is 5.86. The van der Waals surface area contributed by atoms with Crippen LogP contribution in [0.1, 0.15) is 17.3 Å². The Balaban J connectivity index is 2.77. The van der Waals surface area contributed by atoms with Gasteiger partial charge in [-0.2, -0.15) is 0 Å². The number of hydrogen-bond donors (Lipinski definition) is 2. The number of carboxylic acids is 1. The maximum atomic E-state index is 12.0. The summed E-state index contributed by atoms with van der Waals surface area (Å²) in [4.78, 5) is 22.3. The zero-order valence-corrected chi connectivity index (χ0v) is 12.5. The highest BCUT2D eigenvalue weighted by molar-refractivity contribution is 7.92. The van der Waals surface area contributed by atoms with Crippen molar-refractivity contribution < 1.29 is 27.9 Å². The molecular formula is C13H17NO6S. The highest BCUT2D eigenvalue weighted by Gasteiger charge is 2.20. The lowest BCUT2D eigenvalue weighted by atomic mass is 10.2. The van der Waals surface area contributed by atoms with Crippen LogP contribution >= 0.6 is 0 Å². The van der Waals surface area contributed by atoms with Crippen molar-refractivity contribution in [2.45, 2.75) is 17.9 Å². The Labute approximate surface area is 122 Å². The number of carboxylic acid groups (broad SMARTS) is 1. The largest absolute Gasteiger partial charge is 0.478 e. The summed E-state index contributed by atoms with van der Waals surface area (Å²) in [6.07, 6.45) is 0. The zero-order chi connectivity index (χ0) is 16.0. The van der Waals surface area contributed by atoms with Gasteiger partial charge in [0.2, 0.25) is 5.91 Å². The molecule has 0 fully saturated rings. The molecule has 1 amide bonds. The van der Waals surface area contributed by atoms with Crippen molar-refractivity contribution in [3.8, 4) is 0 Å². The smallest absolute Gasteiger partial charge is 0.335 e. The third-order valence-electron chi connectivity index (χ3n) is 2.61. The minimum atomic E-state index is -3.81. The summed E-state index contributed by atoms with van der Waals surface area (Å²) in [6, 6.07) is 4.41. The molecule has 0 saturated carbocycles. The molecule has 1 aromatic carbocycles. The summed E-state index contributed by atoms with van der Waals surface area (Å²) in [5, 5.41) is 11.2. The van der Waals surface area contributed by atoms with Crippen LogP contribution in [0, 0.1) is 0 Å².